The molecule has 0 atom stereocenters. The first-order chi connectivity index (χ1) is 8.75. The molecule has 19 heavy (non-hydrogen) atoms. The number of amides is 1. The maximum Gasteiger partial charge on any atom is 0.220 e. The lowest BCUT2D eigenvalue weighted by Gasteiger charge is -2.11. The Morgan fingerprint density at radius 3 is 2.63 bits per heavy atom. The summed E-state index contributed by atoms with van der Waals surface area (Å²) in [4.78, 5) is 11.7. The summed E-state index contributed by atoms with van der Waals surface area (Å²) < 4.78 is 0. The van der Waals surface area contributed by atoms with Crippen LogP contribution in [-0.4, -0.2) is 12.5 Å². The van der Waals surface area contributed by atoms with E-state index in [4.69, 9.17) is 5.73 Å². The third-order valence-corrected chi connectivity index (χ3v) is 3.74. The lowest BCUT2D eigenvalue weighted by atomic mass is 10.1. The van der Waals surface area contributed by atoms with Gasteiger partial charge in [-0.15, -0.1) is 12.4 Å². The molecule has 1 aliphatic carbocycles. The number of benzene rings is 1. The molecule has 1 aliphatic rings. The van der Waals surface area contributed by atoms with E-state index in [0.29, 0.717) is 12.3 Å². The lowest BCUT2D eigenvalue weighted by molar-refractivity contribution is -0.121. The quantitative estimate of drug-likeness (QED) is 0.816. The van der Waals surface area contributed by atoms with Crippen molar-refractivity contribution in [3.63, 3.8) is 0 Å². The molecule has 0 aromatic heterocycles. The van der Waals surface area contributed by atoms with E-state index in [1.807, 2.05) is 24.3 Å². The van der Waals surface area contributed by atoms with Gasteiger partial charge in [0.2, 0.25) is 5.91 Å². The van der Waals surface area contributed by atoms with Crippen LogP contribution in [0.1, 0.15) is 37.7 Å². The predicted octanol–water partition coefficient (Wildman–Crippen LogP) is 2.93. The first kappa shape index (κ1) is 15.8. The minimum atomic E-state index is 0. The van der Waals surface area contributed by atoms with Gasteiger partial charge in [-0.3, -0.25) is 4.79 Å². The highest BCUT2D eigenvalue weighted by molar-refractivity contribution is 5.85. The number of hydrogen-bond donors (Lipinski definition) is 2. The van der Waals surface area contributed by atoms with Crippen molar-refractivity contribution in [2.75, 3.05) is 12.3 Å². The molecular weight excluding hydrogens is 260 g/mol. The van der Waals surface area contributed by atoms with Crippen molar-refractivity contribution < 1.29 is 4.79 Å². The monoisotopic (exact) mass is 282 g/mol. The van der Waals surface area contributed by atoms with Crippen molar-refractivity contribution >= 4 is 24.0 Å². The first-order valence-corrected chi connectivity index (χ1v) is 6.86. The van der Waals surface area contributed by atoms with Crippen LogP contribution in [0.15, 0.2) is 24.3 Å². The summed E-state index contributed by atoms with van der Waals surface area (Å²) in [6.07, 6.45) is 6.43. The highest BCUT2D eigenvalue weighted by Gasteiger charge is 2.15. The third kappa shape index (κ3) is 5.11. The summed E-state index contributed by atoms with van der Waals surface area (Å²) in [5, 5.41) is 3.03. The fourth-order valence-corrected chi connectivity index (χ4v) is 2.57. The topological polar surface area (TPSA) is 55.1 Å². The van der Waals surface area contributed by atoms with Crippen molar-refractivity contribution in [3.8, 4) is 0 Å². The number of carbonyl (C=O) groups is 1. The van der Waals surface area contributed by atoms with Gasteiger partial charge in [0, 0.05) is 18.7 Å². The highest BCUT2D eigenvalue weighted by atomic mass is 35.5. The predicted molar refractivity (Wildman–Crippen MR) is 81.4 cm³/mol. The Morgan fingerprint density at radius 1 is 1.26 bits per heavy atom. The number of halogens is 1. The summed E-state index contributed by atoms with van der Waals surface area (Å²) in [7, 11) is 0. The Hall–Kier alpha value is -1.22. The molecule has 2 rings (SSSR count). The molecule has 0 bridgehead atoms. The third-order valence-electron chi connectivity index (χ3n) is 3.74. The van der Waals surface area contributed by atoms with Crippen LogP contribution in [0.25, 0.3) is 0 Å². The second-order valence-corrected chi connectivity index (χ2v) is 5.15. The van der Waals surface area contributed by atoms with Gasteiger partial charge in [0.1, 0.15) is 0 Å². The van der Waals surface area contributed by atoms with E-state index < -0.39 is 0 Å². The van der Waals surface area contributed by atoms with Crippen LogP contribution in [0, 0.1) is 5.92 Å². The number of anilines is 1. The van der Waals surface area contributed by atoms with Gasteiger partial charge in [-0.05, 0) is 36.8 Å². The minimum absolute atomic E-state index is 0. The summed E-state index contributed by atoms with van der Waals surface area (Å²) in [6.45, 7) is 0.850. The number of aryl methyl sites for hydroxylation is 1. The average molecular weight is 283 g/mol. The van der Waals surface area contributed by atoms with Gasteiger partial charge >= 0.3 is 0 Å². The molecule has 0 radical (unpaired) electrons. The molecule has 3 N–H and O–H groups in total. The molecule has 3 nitrogen and oxygen atoms in total. The molecule has 1 aromatic carbocycles. The molecule has 1 fully saturated rings. The van der Waals surface area contributed by atoms with Gasteiger partial charge in [0.15, 0.2) is 0 Å². The fraction of sp³-hybridized carbons (Fsp3) is 0.533. The van der Waals surface area contributed by atoms with Crippen molar-refractivity contribution in [2.45, 2.75) is 38.5 Å². The Morgan fingerprint density at radius 2 is 1.95 bits per heavy atom. The molecule has 0 aliphatic heterocycles. The number of nitrogen functional groups attached to an aromatic ring is 1. The van der Waals surface area contributed by atoms with Gasteiger partial charge in [-0.25, -0.2) is 0 Å². The van der Waals surface area contributed by atoms with Crippen LogP contribution >= 0.6 is 12.4 Å². The maximum absolute atomic E-state index is 11.7. The molecule has 0 saturated heterocycles. The Labute approximate surface area is 121 Å². The van der Waals surface area contributed by atoms with Crippen LogP contribution in [0.5, 0.6) is 0 Å². The molecule has 0 spiro atoms. The smallest absolute Gasteiger partial charge is 0.220 e. The molecule has 106 valence electrons. The Balaban J connectivity index is 0.00000180. The van der Waals surface area contributed by atoms with Gasteiger partial charge in [0.25, 0.3) is 0 Å². The van der Waals surface area contributed by atoms with Gasteiger partial charge < -0.3 is 11.1 Å². The standard InChI is InChI=1S/C15H22N2O.ClH/c16-14-8-4-3-7-13(14)9-10-15(18)17-11-12-5-1-2-6-12;/h3-4,7-8,12H,1-2,5-6,9-11,16H2,(H,17,18);1H. The fourth-order valence-electron chi connectivity index (χ4n) is 2.57. The van der Waals surface area contributed by atoms with Crippen LogP contribution in [0.3, 0.4) is 0 Å². The number of nitrogens with two attached hydrogens (primary N) is 1. The van der Waals surface area contributed by atoms with Crippen molar-refractivity contribution in [2.24, 2.45) is 5.92 Å². The molecule has 4 heteroatoms. The average Bonchev–Trinajstić information content (AvgIpc) is 2.88. The normalized spacial score (nSPS) is 14.9. The minimum Gasteiger partial charge on any atom is -0.399 e. The first-order valence-electron chi connectivity index (χ1n) is 6.86. The zero-order chi connectivity index (χ0) is 12.8. The van der Waals surface area contributed by atoms with E-state index in [9.17, 15) is 4.79 Å². The molecular formula is C15H23ClN2O. The van der Waals surface area contributed by atoms with Crippen molar-refractivity contribution in [3.05, 3.63) is 29.8 Å². The van der Waals surface area contributed by atoms with Crippen molar-refractivity contribution in [1.82, 2.24) is 5.32 Å². The van der Waals surface area contributed by atoms with E-state index in [0.717, 1.165) is 24.2 Å². The van der Waals surface area contributed by atoms with E-state index in [-0.39, 0.29) is 18.3 Å². The molecule has 0 heterocycles. The number of carbonyl (C=O) groups excluding carboxylic acids is 1. The van der Waals surface area contributed by atoms with E-state index in [2.05, 4.69) is 5.32 Å². The second-order valence-electron chi connectivity index (χ2n) is 5.15. The zero-order valence-corrected chi connectivity index (χ0v) is 12.0. The molecule has 1 aromatic rings. The second kappa shape index (κ2) is 8.05. The summed E-state index contributed by atoms with van der Waals surface area (Å²) in [6, 6.07) is 7.74. The van der Waals surface area contributed by atoms with Gasteiger partial charge in [-0.1, -0.05) is 31.0 Å². The SMILES string of the molecule is Cl.Nc1ccccc1CCC(=O)NCC1CCCC1. The molecule has 0 unspecified atom stereocenters. The van der Waals surface area contributed by atoms with E-state index in [1.165, 1.54) is 25.7 Å². The number of rotatable bonds is 5. The van der Waals surface area contributed by atoms with Gasteiger partial charge in [-0.2, -0.15) is 0 Å². The number of nitrogens with one attached hydrogen (secondary N) is 1. The van der Waals surface area contributed by atoms with E-state index >= 15 is 0 Å². The van der Waals surface area contributed by atoms with Crippen LogP contribution < -0.4 is 11.1 Å². The number of para-hydroxylation sites is 1. The maximum atomic E-state index is 11.7. The van der Waals surface area contributed by atoms with Crippen LogP contribution in [0.2, 0.25) is 0 Å². The zero-order valence-electron chi connectivity index (χ0n) is 11.2. The Kier molecular flexibility index (Phi) is 6.71. The van der Waals surface area contributed by atoms with Crippen LogP contribution in [-0.2, 0) is 11.2 Å². The largest absolute Gasteiger partial charge is 0.399 e. The van der Waals surface area contributed by atoms with Gasteiger partial charge in [0.05, 0.1) is 0 Å². The highest BCUT2D eigenvalue weighted by Crippen LogP contribution is 2.23. The van der Waals surface area contributed by atoms with Crippen LogP contribution in [0.4, 0.5) is 5.69 Å². The van der Waals surface area contributed by atoms with E-state index in [1.54, 1.807) is 0 Å². The molecule has 1 amide bonds. The lowest BCUT2D eigenvalue weighted by Crippen LogP contribution is -2.28. The Bertz CT molecular complexity index is 403. The summed E-state index contributed by atoms with van der Waals surface area (Å²) in [5.74, 6) is 0.848. The summed E-state index contributed by atoms with van der Waals surface area (Å²) >= 11 is 0. The van der Waals surface area contributed by atoms with Crippen molar-refractivity contribution in [1.29, 1.82) is 0 Å². The number of hydrogen-bond acceptors (Lipinski definition) is 2. The molecule has 1 saturated carbocycles. The summed E-state index contributed by atoms with van der Waals surface area (Å²) in [5.41, 5.74) is 7.69.